The van der Waals surface area contributed by atoms with Gasteiger partial charge in [0, 0.05) is 5.41 Å². The molecule has 0 spiro atoms. The topological polar surface area (TPSA) is 20.2 Å². The first kappa shape index (κ1) is 15.3. The summed E-state index contributed by atoms with van der Waals surface area (Å²) in [5, 5.41) is 10.5. The molecule has 0 aliphatic heterocycles. The van der Waals surface area contributed by atoms with Crippen molar-refractivity contribution < 1.29 is 5.11 Å². The van der Waals surface area contributed by atoms with Crippen LogP contribution < -0.4 is 0 Å². The molecule has 2 fully saturated rings. The third kappa shape index (κ3) is 2.15. The number of hydrogen-bond acceptors (Lipinski definition) is 1. The summed E-state index contributed by atoms with van der Waals surface area (Å²) >= 11 is 0. The number of allylic oxidation sites excluding steroid dienone is 3. The van der Waals surface area contributed by atoms with Crippen molar-refractivity contribution in [1.29, 1.82) is 0 Å². The van der Waals surface area contributed by atoms with E-state index in [1.807, 2.05) is 0 Å². The Morgan fingerprint density at radius 1 is 1.14 bits per heavy atom. The second-order valence-corrected chi connectivity index (χ2v) is 8.99. The third-order valence-corrected chi connectivity index (χ3v) is 7.43. The van der Waals surface area contributed by atoms with E-state index in [2.05, 4.69) is 46.4 Å². The monoisotopic (exact) mass is 288 g/mol. The normalized spacial score (nSPS) is 48.8. The zero-order valence-corrected chi connectivity index (χ0v) is 14.3. The lowest BCUT2D eigenvalue weighted by Crippen LogP contribution is -2.55. The molecule has 118 valence electrons. The fraction of sp³-hybridized carbons (Fsp3) is 0.800. The highest BCUT2D eigenvalue weighted by Gasteiger charge is 2.56. The van der Waals surface area contributed by atoms with E-state index in [-0.39, 0.29) is 16.9 Å². The van der Waals surface area contributed by atoms with E-state index in [4.69, 9.17) is 0 Å². The first-order valence-electron chi connectivity index (χ1n) is 8.76. The zero-order valence-electron chi connectivity index (χ0n) is 14.3. The van der Waals surface area contributed by atoms with Crippen LogP contribution in [-0.4, -0.2) is 11.2 Å². The van der Waals surface area contributed by atoms with E-state index in [9.17, 15) is 5.11 Å². The van der Waals surface area contributed by atoms with Gasteiger partial charge in [0.1, 0.15) is 0 Å². The first-order valence-corrected chi connectivity index (χ1v) is 8.76. The molecule has 0 bridgehead atoms. The van der Waals surface area contributed by atoms with Crippen molar-refractivity contribution in [1.82, 2.24) is 0 Å². The summed E-state index contributed by atoms with van der Waals surface area (Å²) in [4.78, 5) is 0. The van der Waals surface area contributed by atoms with E-state index >= 15 is 0 Å². The molecular formula is C20H32O. The molecule has 5 atom stereocenters. The van der Waals surface area contributed by atoms with Gasteiger partial charge in [0.2, 0.25) is 0 Å². The Morgan fingerprint density at radius 2 is 1.86 bits per heavy atom. The highest BCUT2D eigenvalue weighted by atomic mass is 16.3. The molecule has 0 unspecified atom stereocenters. The molecule has 3 aliphatic carbocycles. The Kier molecular flexibility index (Phi) is 3.44. The second kappa shape index (κ2) is 4.72. The van der Waals surface area contributed by atoms with Crippen LogP contribution in [0.5, 0.6) is 0 Å². The van der Waals surface area contributed by atoms with Gasteiger partial charge < -0.3 is 5.11 Å². The van der Waals surface area contributed by atoms with E-state index in [0.29, 0.717) is 11.3 Å². The summed E-state index contributed by atoms with van der Waals surface area (Å²) in [6.07, 6.45) is 11.7. The number of aliphatic hydroxyl groups is 1. The van der Waals surface area contributed by atoms with Crippen LogP contribution in [0.25, 0.3) is 0 Å². The number of fused-ring (bicyclic) bond motifs is 3. The number of hydrogen-bond donors (Lipinski definition) is 1. The molecule has 0 aromatic carbocycles. The van der Waals surface area contributed by atoms with E-state index in [1.54, 1.807) is 5.57 Å². The lowest BCUT2D eigenvalue weighted by molar-refractivity contribution is -0.127. The maximum Gasteiger partial charge on any atom is 0.0594 e. The van der Waals surface area contributed by atoms with Gasteiger partial charge in [-0.25, -0.2) is 0 Å². The standard InChI is InChI=1S/C20H32O/c1-6-19(4)11-9-15-14(13-19)7-8-16-18(2,3)17(21)10-12-20(15,16)5/h6,13,15-17,21H,1,7-12H2,2-5H3/t15-,16-,17+,19-,20+/m0/s1. The van der Waals surface area contributed by atoms with Crippen molar-refractivity contribution in [2.75, 3.05) is 0 Å². The average Bonchev–Trinajstić information content (AvgIpc) is 2.43. The smallest absolute Gasteiger partial charge is 0.0594 e. The van der Waals surface area contributed by atoms with Crippen molar-refractivity contribution >= 4 is 0 Å². The molecule has 21 heavy (non-hydrogen) atoms. The molecule has 3 aliphatic rings. The molecular weight excluding hydrogens is 256 g/mol. The van der Waals surface area contributed by atoms with Crippen LogP contribution in [0.2, 0.25) is 0 Å². The molecule has 0 aromatic heterocycles. The van der Waals surface area contributed by atoms with Crippen molar-refractivity contribution in [2.45, 2.75) is 72.3 Å². The average molecular weight is 288 g/mol. The van der Waals surface area contributed by atoms with Crippen molar-refractivity contribution in [3.05, 3.63) is 24.3 Å². The molecule has 1 N–H and O–H groups in total. The van der Waals surface area contributed by atoms with Gasteiger partial charge in [-0.1, -0.05) is 45.4 Å². The fourth-order valence-electron chi connectivity index (χ4n) is 5.90. The molecule has 3 rings (SSSR count). The van der Waals surface area contributed by atoms with Gasteiger partial charge in [-0.2, -0.15) is 0 Å². The molecule has 1 heteroatoms. The second-order valence-electron chi connectivity index (χ2n) is 8.99. The number of rotatable bonds is 1. The van der Waals surface area contributed by atoms with Crippen LogP contribution in [0, 0.1) is 28.1 Å². The third-order valence-electron chi connectivity index (χ3n) is 7.43. The lowest BCUT2D eigenvalue weighted by Gasteiger charge is -2.60. The molecule has 2 saturated carbocycles. The highest BCUT2D eigenvalue weighted by Crippen LogP contribution is 2.63. The van der Waals surface area contributed by atoms with Crippen LogP contribution in [0.1, 0.15) is 66.2 Å². The van der Waals surface area contributed by atoms with Crippen LogP contribution in [0.3, 0.4) is 0 Å². The Morgan fingerprint density at radius 3 is 2.52 bits per heavy atom. The van der Waals surface area contributed by atoms with Gasteiger partial charge in [-0.3, -0.25) is 0 Å². The Bertz CT molecular complexity index is 474. The molecule has 1 nitrogen and oxygen atoms in total. The minimum absolute atomic E-state index is 0.0672. The molecule has 0 saturated heterocycles. The number of aliphatic hydroxyl groups excluding tert-OH is 1. The first-order chi connectivity index (χ1) is 9.73. The van der Waals surface area contributed by atoms with Crippen LogP contribution in [0.15, 0.2) is 24.3 Å². The highest BCUT2D eigenvalue weighted by molar-refractivity contribution is 5.26. The summed E-state index contributed by atoms with van der Waals surface area (Å²) in [7, 11) is 0. The van der Waals surface area contributed by atoms with Gasteiger partial charge in [0.05, 0.1) is 6.10 Å². The quantitative estimate of drug-likeness (QED) is 0.665. The minimum atomic E-state index is -0.122. The predicted molar refractivity (Wildman–Crippen MR) is 89.0 cm³/mol. The maximum absolute atomic E-state index is 10.5. The summed E-state index contributed by atoms with van der Waals surface area (Å²) < 4.78 is 0. The van der Waals surface area contributed by atoms with E-state index < -0.39 is 0 Å². The van der Waals surface area contributed by atoms with Gasteiger partial charge >= 0.3 is 0 Å². The van der Waals surface area contributed by atoms with Crippen LogP contribution in [-0.2, 0) is 0 Å². The molecule has 0 amide bonds. The van der Waals surface area contributed by atoms with Crippen LogP contribution in [0.4, 0.5) is 0 Å². The Hall–Kier alpha value is -0.560. The zero-order chi connectivity index (χ0) is 15.5. The van der Waals surface area contributed by atoms with Crippen molar-refractivity contribution in [2.24, 2.45) is 28.1 Å². The van der Waals surface area contributed by atoms with Crippen molar-refractivity contribution in [3.8, 4) is 0 Å². The summed E-state index contributed by atoms with van der Waals surface area (Å²) in [5.74, 6) is 1.39. The molecule has 0 heterocycles. The van der Waals surface area contributed by atoms with E-state index in [0.717, 1.165) is 12.3 Å². The van der Waals surface area contributed by atoms with Crippen LogP contribution >= 0.6 is 0 Å². The van der Waals surface area contributed by atoms with Gasteiger partial charge in [0.15, 0.2) is 0 Å². The maximum atomic E-state index is 10.5. The lowest BCUT2D eigenvalue weighted by atomic mass is 9.45. The Balaban J connectivity index is 1.97. The van der Waals surface area contributed by atoms with Crippen molar-refractivity contribution in [3.63, 3.8) is 0 Å². The SMILES string of the molecule is C=C[C@]1(C)C=C2CC[C@H]3C(C)(C)[C@H](O)CC[C@]3(C)[C@H]2CC1. The predicted octanol–water partition coefficient (Wildman–Crippen LogP) is 5.11. The molecule has 0 aromatic rings. The van der Waals surface area contributed by atoms with Gasteiger partial charge in [0.25, 0.3) is 0 Å². The largest absolute Gasteiger partial charge is 0.393 e. The molecule has 0 radical (unpaired) electrons. The fourth-order valence-corrected chi connectivity index (χ4v) is 5.90. The minimum Gasteiger partial charge on any atom is -0.393 e. The summed E-state index contributed by atoms with van der Waals surface area (Å²) in [5.41, 5.74) is 2.35. The van der Waals surface area contributed by atoms with Gasteiger partial charge in [-0.15, -0.1) is 6.58 Å². The summed E-state index contributed by atoms with van der Waals surface area (Å²) in [6.45, 7) is 13.5. The van der Waals surface area contributed by atoms with Gasteiger partial charge in [-0.05, 0) is 61.2 Å². The summed E-state index contributed by atoms with van der Waals surface area (Å²) in [6, 6.07) is 0. The Labute approximate surface area is 130 Å². The van der Waals surface area contributed by atoms with E-state index in [1.165, 1.54) is 32.1 Å².